The van der Waals surface area contributed by atoms with Gasteiger partial charge in [0.15, 0.2) is 0 Å². The second-order valence-corrected chi connectivity index (χ2v) is 5.95. The van der Waals surface area contributed by atoms with Gasteiger partial charge in [0.25, 0.3) is 0 Å². The van der Waals surface area contributed by atoms with Crippen LogP contribution in [0.2, 0.25) is 0 Å². The standard InChI is InChI=1S/C14H10BrNS/c1-9-5-6-12-13(7-9)17-14(16-12)10-3-2-4-11(15)8-10/h2-8H,1H3. The number of benzene rings is 2. The van der Waals surface area contributed by atoms with Crippen molar-refractivity contribution in [2.45, 2.75) is 6.92 Å². The van der Waals surface area contributed by atoms with Gasteiger partial charge in [0, 0.05) is 10.0 Å². The Morgan fingerprint density at radius 2 is 2.00 bits per heavy atom. The van der Waals surface area contributed by atoms with Crippen molar-refractivity contribution in [3.05, 3.63) is 52.5 Å². The van der Waals surface area contributed by atoms with Crippen LogP contribution < -0.4 is 0 Å². The molecule has 84 valence electrons. The van der Waals surface area contributed by atoms with Gasteiger partial charge in [-0.05, 0) is 36.8 Å². The third-order valence-corrected chi connectivity index (χ3v) is 4.18. The molecule has 3 heteroatoms. The van der Waals surface area contributed by atoms with Gasteiger partial charge in [0.1, 0.15) is 5.01 Å². The second-order valence-electron chi connectivity index (χ2n) is 4.00. The monoisotopic (exact) mass is 303 g/mol. The van der Waals surface area contributed by atoms with E-state index < -0.39 is 0 Å². The Bertz CT molecular complexity index is 688. The molecule has 0 unspecified atom stereocenters. The molecule has 0 N–H and O–H groups in total. The van der Waals surface area contributed by atoms with Gasteiger partial charge in [-0.25, -0.2) is 4.98 Å². The van der Waals surface area contributed by atoms with Crippen molar-refractivity contribution in [3.63, 3.8) is 0 Å². The summed E-state index contributed by atoms with van der Waals surface area (Å²) in [6.07, 6.45) is 0. The largest absolute Gasteiger partial charge is 0.236 e. The van der Waals surface area contributed by atoms with Crippen LogP contribution in [0.3, 0.4) is 0 Å². The number of rotatable bonds is 1. The van der Waals surface area contributed by atoms with E-state index in [1.165, 1.54) is 15.8 Å². The molecule has 1 aromatic heterocycles. The summed E-state index contributed by atoms with van der Waals surface area (Å²) in [6.45, 7) is 2.11. The van der Waals surface area contributed by atoms with Crippen molar-refractivity contribution in [3.8, 4) is 10.6 Å². The van der Waals surface area contributed by atoms with E-state index in [2.05, 4.69) is 58.2 Å². The fourth-order valence-corrected chi connectivity index (χ4v) is 3.24. The fraction of sp³-hybridized carbons (Fsp3) is 0.0714. The highest BCUT2D eigenvalue weighted by atomic mass is 79.9. The van der Waals surface area contributed by atoms with E-state index in [0.29, 0.717) is 0 Å². The first-order valence-corrected chi connectivity index (χ1v) is 6.96. The van der Waals surface area contributed by atoms with Crippen LogP contribution >= 0.6 is 27.3 Å². The molecule has 0 amide bonds. The minimum absolute atomic E-state index is 1.08. The number of hydrogen-bond acceptors (Lipinski definition) is 2. The van der Waals surface area contributed by atoms with Crippen LogP contribution in [0.15, 0.2) is 46.9 Å². The van der Waals surface area contributed by atoms with Crippen LogP contribution in [0.25, 0.3) is 20.8 Å². The number of fused-ring (bicyclic) bond motifs is 1. The van der Waals surface area contributed by atoms with E-state index in [1.807, 2.05) is 12.1 Å². The molecule has 3 rings (SSSR count). The maximum Gasteiger partial charge on any atom is 0.124 e. The predicted octanol–water partition coefficient (Wildman–Crippen LogP) is 5.03. The first-order chi connectivity index (χ1) is 8.22. The molecule has 0 aliphatic carbocycles. The van der Waals surface area contributed by atoms with Gasteiger partial charge in [0.2, 0.25) is 0 Å². The molecular formula is C14H10BrNS. The molecule has 0 spiro atoms. The lowest BCUT2D eigenvalue weighted by molar-refractivity contribution is 1.45. The summed E-state index contributed by atoms with van der Waals surface area (Å²) in [7, 11) is 0. The van der Waals surface area contributed by atoms with Gasteiger partial charge in [-0.15, -0.1) is 11.3 Å². The number of halogens is 1. The third kappa shape index (κ3) is 2.13. The Labute approximate surface area is 112 Å². The van der Waals surface area contributed by atoms with E-state index >= 15 is 0 Å². The first kappa shape index (κ1) is 10.9. The molecule has 0 fully saturated rings. The minimum Gasteiger partial charge on any atom is -0.236 e. The average molecular weight is 304 g/mol. The maximum atomic E-state index is 4.66. The summed E-state index contributed by atoms with van der Waals surface area (Å²) in [5, 5.41) is 1.08. The van der Waals surface area contributed by atoms with E-state index in [-0.39, 0.29) is 0 Å². The number of nitrogens with zero attached hydrogens (tertiary/aromatic N) is 1. The number of thiazole rings is 1. The molecule has 1 heterocycles. The summed E-state index contributed by atoms with van der Waals surface area (Å²) in [4.78, 5) is 4.66. The number of hydrogen-bond donors (Lipinski definition) is 0. The second kappa shape index (κ2) is 4.24. The smallest absolute Gasteiger partial charge is 0.124 e. The fourth-order valence-electron chi connectivity index (χ4n) is 1.78. The van der Waals surface area contributed by atoms with Crippen molar-refractivity contribution in [1.82, 2.24) is 4.98 Å². The molecule has 3 aromatic rings. The Kier molecular flexibility index (Phi) is 2.73. The molecular weight excluding hydrogens is 294 g/mol. The van der Waals surface area contributed by atoms with Crippen LogP contribution in [-0.2, 0) is 0 Å². The van der Waals surface area contributed by atoms with Gasteiger partial charge in [-0.3, -0.25) is 0 Å². The van der Waals surface area contributed by atoms with Crippen LogP contribution in [0.5, 0.6) is 0 Å². The lowest BCUT2D eigenvalue weighted by Gasteiger charge is -1.95. The Morgan fingerprint density at radius 1 is 1.12 bits per heavy atom. The van der Waals surface area contributed by atoms with E-state index in [9.17, 15) is 0 Å². The van der Waals surface area contributed by atoms with Gasteiger partial charge in [-0.1, -0.05) is 34.1 Å². The van der Waals surface area contributed by atoms with Crippen LogP contribution in [0.4, 0.5) is 0 Å². The molecule has 0 radical (unpaired) electrons. The molecule has 1 nitrogen and oxygen atoms in total. The van der Waals surface area contributed by atoms with Crippen molar-refractivity contribution in [1.29, 1.82) is 0 Å². The van der Waals surface area contributed by atoms with Crippen molar-refractivity contribution in [2.24, 2.45) is 0 Å². The highest BCUT2D eigenvalue weighted by Gasteiger charge is 2.06. The summed E-state index contributed by atoms with van der Waals surface area (Å²) in [6, 6.07) is 14.6. The van der Waals surface area contributed by atoms with Crippen LogP contribution in [0.1, 0.15) is 5.56 Å². The normalized spacial score (nSPS) is 10.9. The van der Waals surface area contributed by atoms with Crippen molar-refractivity contribution >= 4 is 37.5 Å². The Hall–Kier alpha value is -1.19. The molecule has 0 aliphatic rings. The van der Waals surface area contributed by atoms with Gasteiger partial charge in [-0.2, -0.15) is 0 Å². The van der Waals surface area contributed by atoms with Crippen molar-refractivity contribution in [2.75, 3.05) is 0 Å². The van der Waals surface area contributed by atoms with Crippen LogP contribution in [0, 0.1) is 6.92 Å². The molecule has 0 aliphatic heterocycles. The molecule has 0 saturated carbocycles. The Morgan fingerprint density at radius 3 is 2.82 bits per heavy atom. The Balaban J connectivity index is 2.18. The van der Waals surface area contributed by atoms with E-state index in [0.717, 1.165) is 15.0 Å². The zero-order valence-corrected chi connectivity index (χ0v) is 11.7. The zero-order chi connectivity index (χ0) is 11.8. The summed E-state index contributed by atoms with van der Waals surface area (Å²) < 4.78 is 2.34. The summed E-state index contributed by atoms with van der Waals surface area (Å²) >= 11 is 5.23. The summed E-state index contributed by atoms with van der Waals surface area (Å²) in [5.41, 5.74) is 3.52. The third-order valence-electron chi connectivity index (χ3n) is 2.62. The maximum absolute atomic E-state index is 4.66. The average Bonchev–Trinajstić information content (AvgIpc) is 2.72. The predicted molar refractivity (Wildman–Crippen MR) is 77.5 cm³/mol. The first-order valence-electron chi connectivity index (χ1n) is 5.35. The quantitative estimate of drug-likeness (QED) is 0.614. The van der Waals surface area contributed by atoms with Gasteiger partial charge in [0.05, 0.1) is 10.2 Å². The molecule has 2 aromatic carbocycles. The lowest BCUT2D eigenvalue weighted by Crippen LogP contribution is -1.75. The van der Waals surface area contributed by atoms with Gasteiger partial charge >= 0.3 is 0 Å². The molecule has 0 atom stereocenters. The van der Waals surface area contributed by atoms with E-state index in [1.54, 1.807) is 11.3 Å². The molecule has 17 heavy (non-hydrogen) atoms. The SMILES string of the molecule is Cc1ccc2nc(-c3cccc(Br)c3)sc2c1. The van der Waals surface area contributed by atoms with E-state index in [4.69, 9.17) is 0 Å². The number of aromatic nitrogens is 1. The minimum atomic E-state index is 1.08. The highest BCUT2D eigenvalue weighted by Crippen LogP contribution is 2.31. The zero-order valence-electron chi connectivity index (χ0n) is 9.27. The topological polar surface area (TPSA) is 12.9 Å². The number of aryl methyl sites for hydroxylation is 1. The van der Waals surface area contributed by atoms with Crippen molar-refractivity contribution < 1.29 is 0 Å². The highest BCUT2D eigenvalue weighted by molar-refractivity contribution is 9.10. The lowest BCUT2D eigenvalue weighted by atomic mass is 10.2. The van der Waals surface area contributed by atoms with Crippen LogP contribution in [-0.4, -0.2) is 4.98 Å². The van der Waals surface area contributed by atoms with Gasteiger partial charge < -0.3 is 0 Å². The molecule has 0 saturated heterocycles. The molecule has 0 bridgehead atoms. The summed E-state index contributed by atoms with van der Waals surface area (Å²) in [5.74, 6) is 0.